The van der Waals surface area contributed by atoms with Gasteiger partial charge in [0.25, 0.3) is 5.91 Å². The Morgan fingerprint density at radius 3 is 2.52 bits per heavy atom. The van der Waals surface area contributed by atoms with Crippen LogP contribution in [-0.4, -0.2) is 43.7 Å². The van der Waals surface area contributed by atoms with Gasteiger partial charge < -0.3 is 20.1 Å². The number of nitrogens with zero attached hydrogens (tertiary/aromatic N) is 1. The summed E-state index contributed by atoms with van der Waals surface area (Å²) in [6.45, 7) is 3.35. The number of hydrogen-bond acceptors (Lipinski definition) is 6. The maximum Gasteiger partial charge on any atom is 0.329 e. The van der Waals surface area contributed by atoms with Gasteiger partial charge in [-0.25, -0.2) is 9.82 Å². The number of rotatable bonds is 9. The molecule has 176 valence electrons. The molecule has 3 amide bonds. The fourth-order valence-corrected chi connectivity index (χ4v) is 3.00. The number of methoxy groups -OCH3 is 1. The second-order valence-corrected chi connectivity index (χ2v) is 7.71. The Kier molecular flexibility index (Phi) is 9.80. The Bertz CT molecular complexity index is 1030. The molecule has 2 aromatic carbocycles. The summed E-state index contributed by atoms with van der Waals surface area (Å²) in [5.74, 6) is -1.93. The molecule has 33 heavy (non-hydrogen) atoms. The Morgan fingerprint density at radius 2 is 1.88 bits per heavy atom. The zero-order chi connectivity index (χ0) is 24.4. The summed E-state index contributed by atoms with van der Waals surface area (Å²) in [4.78, 5) is 35.6. The van der Waals surface area contributed by atoms with E-state index in [0.29, 0.717) is 27.9 Å². The van der Waals surface area contributed by atoms with E-state index in [1.54, 1.807) is 19.1 Å². The molecule has 0 bridgehead atoms. The van der Waals surface area contributed by atoms with Gasteiger partial charge in [-0.05, 0) is 71.2 Å². The van der Waals surface area contributed by atoms with Crippen molar-refractivity contribution in [2.75, 3.05) is 19.0 Å². The predicted molar refractivity (Wildman–Crippen MR) is 125 cm³/mol. The summed E-state index contributed by atoms with van der Waals surface area (Å²) in [5, 5.41) is 8.90. The first-order chi connectivity index (χ1) is 15.7. The molecular formula is C22H24BrFN4O5. The second kappa shape index (κ2) is 12.5. The largest absolute Gasteiger partial charge is 0.493 e. The molecular weight excluding hydrogens is 499 g/mol. The predicted octanol–water partition coefficient (Wildman–Crippen LogP) is 2.98. The summed E-state index contributed by atoms with van der Waals surface area (Å²) in [6.07, 6.45) is 2.02. The van der Waals surface area contributed by atoms with E-state index in [1.165, 1.54) is 37.6 Å². The molecule has 0 unspecified atom stereocenters. The Hall–Kier alpha value is -3.47. The van der Waals surface area contributed by atoms with Crippen molar-refractivity contribution in [2.24, 2.45) is 5.10 Å². The summed E-state index contributed by atoms with van der Waals surface area (Å²) in [6, 6.07) is 8.42. The molecule has 2 rings (SSSR count). The molecule has 1 atom stereocenters. The van der Waals surface area contributed by atoms with Gasteiger partial charge in [-0.1, -0.05) is 6.92 Å². The number of carbonyl (C=O) groups is 3. The van der Waals surface area contributed by atoms with Gasteiger partial charge in [-0.15, -0.1) is 0 Å². The van der Waals surface area contributed by atoms with E-state index in [-0.39, 0.29) is 18.4 Å². The van der Waals surface area contributed by atoms with E-state index in [2.05, 4.69) is 37.1 Å². The summed E-state index contributed by atoms with van der Waals surface area (Å²) >= 11 is 3.35. The van der Waals surface area contributed by atoms with Gasteiger partial charge in [-0.3, -0.25) is 14.4 Å². The molecule has 11 heteroatoms. The quantitative estimate of drug-likeness (QED) is 0.266. The van der Waals surface area contributed by atoms with E-state index in [9.17, 15) is 18.8 Å². The van der Waals surface area contributed by atoms with Gasteiger partial charge in [0.1, 0.15) is 5.82 Å². The number of carbonyl (C=O) groups excluding carboxylic acids is 3. The van der Waals surface area contributed by atoms with Gasteiger partial charge in [0, 0.05) is 11.7 Å². The summed E-state index contributed by atoms with van der Waals surface area (Å²) < 4.78 is 24.3. The first-order valence-corrected chi connectivity index (χ1v) is 10.7. The van der Waals surface area contributed by atoms with Crippen LogP contribution in [0, 0.1) is 5.82 Å². The van der Waals surface area contributed by atoms with E-state index < -0.39 is 23.5 Å². The minimum absolute atomic E-state index is 0.127. The lowest BCUT2D eigenvalue weighted by Crippen LogP contribution is -2.41. The molecule has 2 aromatic rings. The second-order valence-electron chi connectivity index (χ2n) is 6.86. The van der Waals surface area contributed by atoms with Crippen molar-refractivity contribution in [1.29, 1.82) is 0 Å². The van der Waals surface area contributed by atoms with Crippen molar-refractivity contribution in [3.8, 4) is 11.5 Å². The van der Waals surface area contributed by atoms with Gasteiger partial charge in [-0.2, -0.15) is 5.10 Å². The Labute approximate surface area is 198 Å². The number of nitrogens with one attached hydrogen (secondary N) is 3. The first-order valence-electron chi connectivity index (χ1n) is 9.93. The van der Waals surface area contributed by atoms with Crippen LogP contribution in [0.25, 0.3) is 0 Å². The van der Waals surface area contributed by atoms with E-state index in [1.807, 2.05) is 6.92 Å². The number of halogens is 2. The van der Waals surface area contributed by atoms with Crippen LogP contribution in [0.1, 0.15) is 25.8 Å². The van der Waals surface area contributed by atoms with Crippen LogP contribution in [0.4, 0.5) is 10.1 Å². The summed E-state index contributed by atoms with van der Waals surface area (Å²) in [5.41, 5.74) is 3.12. The molecule has 9 nitrogen and oxygen atoms in total. The van der Waals surface area contributed by atoms with Gasteiger partial charge in [0.05, 0.1) is 17.8 Å². The Morgan fingerprint density at radius 1 is 1.18 bits per heavy atom. The molecule has 0 saturated carbocycles. The number of hydrogen-bond donors (Lipinski definition) is 3. The topological polar surface area (TPSA) is 118 Å². The standard InChI is InChI=1S/C22H24BrFN4O5/c1-4-13(2)26-21(30)22(31)28-25-11-14-9-17(23)20(18(10-14)32-3)33-12-19(29)27-16-7-5-15(24)6-8-16/h5-11,13H,4,12H2,1-3H3,(H,26,30)(H,27,29)(H,28,31)/b25-11-/t13-/m0/s1. The van der Waals surface area contributed by atoms with Gasteiger partial charge >= 0.3 is 11.8 Å². The number of hydrazone groups is 1. The van der Waals surface area contributed by atoms with Gasteiger partial charge in [0.15, 0.2) is 18.1 Å². The van der Waals surface area contributed by atoms with Crippen LogP contribution in [-0.2, 0) is 14.4 Å². The van der Waals surface area contributed by atoms with Crippen LogP contribution in [0.2, 0.25) is 0 Å². The smallest absolute Gasteiger partial charge is 0.329 e. The number of ether oxygens (including phenoxy) is 2. The highest BCUT2D eigenvalue weighted by molar-refractivity contribution is 9.10. The molecule has 0 saturated heterocycles. The molecule has 0 aromatic heterocycles. The van der Waals surface area contributed by atoms with E-state index >= 15 is 0 Å². The number of benzene rings is 2. The van der Waals surface area contributed by atoms with E-state index in [0.717, 1.165) is 0 Å². The zero-order valence-corrected chi connectivity index (χ0v) is 19.9. The van der Waals surface area contributed by atoms with Crippen molar-refractivity contribution >= 4 is 45.6 Å². The molecule has 0 spiro atoms. The summed E-state index contributed by atoms with van der Waals surface area (Å²) in [7, 11) is 1.43. The normalized spacial score (nSPS) is 11.5. The average molecular weight is 523 g/mol. The third-order valence-electron chi connectivity index (χ3n) is 4.30. The highest BCUT2D eigenvalue weighted by Gasteiger charge is 2.15. The molecule has 0 heterocycles. The minimum atomic E-state index is -0.885. The van der Waals surface area contributed by atoms with E-state index in [4.69, 9.17) is 9.47 Å². The molecule has 0 aliphatic carbocycles. The maximum atomic E-state index is 13.0. The van der Waals surface area contributed by atoms with Gasteiger partial charge in [0.2, 0.25) is 0 Å². The van der Waals surface area contributed by atoms with Crippen molar-refractivity contribution in [2.45, 2.75) is 26.3 Å². The number of anilines is 1. The SMILES string of the molecule is CC[C@H](C)NC(=O)C(=O)N/N=C\c1cc(Br)c(OCC(=O)Nc2ccc(F)cc2)c(OC)c1. The zero-order valence-electron chi connectivity index (χ0n) is 18.3. The van der Waals surface area contributed by atoms with Crippen LogP contribution >= 0.6 is 15.9 Å². The number of amides is 3. The van der Waals surface area contributed by atoms with Crippen LogP contribution < -0.4 is 25.5 Å². The monoisotopic (exact) mass is 522 g/mol. The van der Waals surface area contributed by atoms with Crippen LogP contribution in [0.3, 0.4) is 0 Å². The third kappa shape index (κ3) is 8.19. The van der Waals surface area contributed by atoms with Crippen molar-refractivity contribution in [1.82, 2.24) is 10.7 Å². The minimum Gasteiger partial charge on any atom is -0.493 e. The van der Waals surface area contributed by atoms with Crippen LogP contribution in [0.15, 0.2) is 46.0 Å². The lowest BCUT2D eigenvalue weighted by molar-refractivity contribution is -0.139. The molecule has 0 fully saturated rings. The fourth-order valence-electron chi connectivity index (χ4n) is 2.43. The molecule has 0 radical (unpaired) electrons. The fraction of sp³-hybridized carbons (Fsp3) is 0.273. The lowest BCUT2D eigenvalue weighted by Gasteiger charge is -2.13. The Balaban J connectivity index is 1.98. The van der Waals surface area contributed by atoms with Crippen molar-refractivity contribution in [3.05, 3.63) is 52.3 Å². The van der Waals surface area contributed by atoms with Crippen molar-refractivity contribution in [3.63, 3.8) is 0 Å². The average Bonchev–Trinajstić information content (AvgIpc) is 2.79. The third-order valence-corrected chi connectivity index (χ3v) is 4.89. The molecule has 0 aliphatic rings. The highest BCUT2D eigenvalue weighted by Crippen LogP contribution is 2.36. The van der Waals surface area contributed by atoms with Crippen molar-refractivity contribution < 1.29 is 28.2 Å². The first kappa shape index (κ1) is 25.8. The van der Waals surface area contributed by atoms with Crippen LogP contribution in [0.5, 0.6) is 11.5 Å². The molecule has 3 N–H and O–H groups in total. The lowest BCUT2D eigenvalue weighted by atomic mass is 10.2. The molecule has 0 aliphatic heterocycles. The highest BCUT2D eigenvalue weighted by atomic mass is 79.9. The maximum absolute atomic E-state index is 13.0.